The van der Waals surface area contributed by atoms with E-state index in [-0.39, 0.29) is 24.4 Å². The number of carbonyl (C=O) groups is 2. The van der Waals surface area contributed by atoms with Crippen LogP contribution in [0.3, 0.4) is 0 Å². The first-order chi connectivity index (χ1) is 10.8. The van der Waals surface area contributed by atoms with E-state index in [0.29, 0.717) is 4.47 Å². The highest BCUT2D eigenvalue weighted by atomic mass is 79.9. The summed E-state index contributed by atoms with van der Waals surface area (Å²) >= 11 is 3.18. The number of ether oxygens (including phenoxy) is 1. The average Bonchev–Trinajstić information content (AvgIpc) is 2.50. The molecule has 0 aliphatic rings. The Morgan fingerprint density at radius 2 is 2.09 bits per heavy atom. The number of halogens is 1. The van der Waals surface area contributed by atoms with Crippen molar-refractivity contribution in [1.29, 1.82) is 0 Å². The van der Waals surface area contributed by atoms with Crippen LogP contribution >= 0.6 is 15.9 Å². The highest BCUT2D eigenvalue weighted by Gasteiger charge is 2.15. The van der Waals surface area contributed by atoms with Gasteiger partial charge in [-0.3, -0.25) is 9.59 Å². The van der Waals surface area contributed by atoms with Gasteiger partial charge in [0.2, 0.25) is 10.0 Å². The van der Waals surface area contributed by atoms with Crippen LogP contribution in [0.15, 0.2) is 33.6 Å². The molecule has 0 unspecified atom stereocenters. The van der Waals surface area contributed by atoms with E-state index in [1.54, 1.807) is 12.1 Å². The van der Waals surface area contributed by atoms with Crippen LogP contribution in [-0.2, 0) is 24.3 Å². The largest absolute Gasteiger partial charge is 0.456 e. The minimum Gasteiger partial charge on any atom is -0.456 e. The summed E-state index contributed by atoms with van der Waals surface area (Å²) < 4.78 is 31.5. The van der Waals surface area contributed by atoms with Gasteiger partial charge in [0, 0.05) is 11.0 Å². The molecule has 2 N–H and O–H groups in total. The van der Waals surface area contributed by atoms with Gasteiger partial charge in [-0.15, -0.1) is 6.42 Å². The van der Waals surface area contributed by atoms with Crippen molar-refractivity contribution in [3.05, 3.63) is 28.7 Å². The van der Waals surface area contributed by atoms with E-state index in [4.69, 9.17) is 6.42 Å². The van der Waals surface area contributed by atoms with E-state index in [0.717, 1.165) is 0 Å². The SMILES string of the molecule is C#CCNC(=O)COC(=O)CCNS(=O)(=O)c1cccc(Br)c1. The molecule has 0 saturated carbocycles. The number of carbonyl (C=O) groups excluding carboxylic acids is 2. The lowest BCUT2D eigenvalue weighted by Gasteiger charge is -2.07. The quantitative estimate of drug-likeness (QED) is 0.484. The Morgan fingerprint density at radius 1 is 1.35 bits per heavy atom. The maximum absolute atomic E-state index is 12.0. The second-order valence-electron chi connectivity index (χ2n) is 4.25. The van der Waals surface area contributed by atoms with Gasteiger partial charge in [-0.2, -0.15) is 0 Å². The van der Waals surface area contributed by atoms with Gasteiger partial charge in [0.25, 0.3) is 5.91 Å². The Labute approximate surface area is 143 Å². The summed E-state index contributed by atoms with van der Waals surface area (Å²) in [5.74, 6) is 0.985. The Balaban J connectivity index is 2.37. The smallest absolute Gasteiger partial charge is 0.307 e. The summed E-state index contributed by atoms with van der Waals surface area (Å²) in [7, 11) is -3.71. The lowest BCUT2D eigenvalue weighted by Crippen LogP contribution is -2.30. The van der Waals surface area contributed by atoms with Crippen molar-refractivity contribution in [2.75, 3.05) is 19.7 Å². The summed E-state index contributed by atoms with van der Waals surface area (Å²) in [5.41, 5.74) is 0. The number of rotatable bonds is 8. The van der Waals surface area contributed by atoms with Gasteiger partial charge in [-0.25, -0.2) is 13.1 Å². The molecule has 0 aromatic heterocycles. The predicted molar refractivity (Wildman–Crippen MR) is 86.7 cm³/mol. The summed E-state index contributed by atoms with van der Waals surface area (Å²) in [4.78, 5) is 22.6. The molecule has 0 heterocycles. The van der Waals surface area contributed by atoms with Gasteiger partial charge >= 0.3 is 5.97 Å². The summed E-state index contributed by atoms with van der Waals surface area (Å²) in [6, 6.07) is 6.15. The molecule has 0 atom stereocenters. The van der Waals surface area contributed by atoms with Gasteiger partial charge in [-0.1, -0.05) is 27.9 Å². The molecule has 0 bridgehead atoms. The average molecular weight is 403 g/mol. The van der Waals surface area contributed by atoms with Crippen molar-refractivity contribution in [2.45, 2.75) is 11.3 Å². The van der Waals surface area contributed by atoms with Gasteiger partial charge in [0.05, 0.1) is 17.9 Å². The number of terminal acetylenes is 1. The molecule has 124 valence electrons. The van der Waals surface area contributed by atoms with E-state index >= 15 is 0 Å². The fraction of sp³-hybridized carbons (Fsp3) is 0.286. The van der Waals surface area contributed by atoms with Crippen molar-refractivity contribution in [2.24, 2.45) is 0 Å². The van der Waals surface area contributed by atoms with Crippen molar-refractivity contribution < 1.29 is 22.7 Å². The molecule has 0 radical (unpaired) electrons. The maximum Gasteiger partial charge on any atom is 0.307 e. The normalized spacial score (nSPS) is 10.6. The molecule has 23 heavy (non-hydrogen) atoms. The molecule has 0 saturated heterocycles. The summed E-state index contributed by atoms with van der Waals surface area (Å²) in [6.45, 7) is -0.554. The zero-order valence-electron chi connectivity index (χ0n) is 12.0. The van der Waals surface area contributed by atoms with Crippen LogP contribution in [0, 0.1) is 12.3 Å². The first kappa shape index (κ1) is 19.2. The summed E-state index contributed by atoms with van der Waals surface area (Å²) in [5, 5.41) is 2.33. The van der Waals surface area contributed by atoms with Crippen LogP contribution in [0.4, 0.5) is 0 Å². The fourth-order valence-corrected chi connectivity index (χ4v) is 3.05. The summed E-state index contributed by atoms with van der Waals surface area (Å²) in [6.07, 6.45) is 4.76. The Hall–Kier alpha value is -1.89. The lowest BCUT2D eigenvalue weighted by molar-refractivity contribution is -0.148. The van der Waals surface area contributed by atoms with Crippen LogP contribution in [-0.4, -0.2) is 40.0 Å². The standard InChI is InChI=1S/C14H15BrN2O5S/c1-2-7-16-13(18)10-22-14(19)6-8-17-23(20,21)12-5-3-4-11(15)9-12/h1,3-5,9,17H,6-8,10H2,(H,16,18). The monoisotopic (exact) mass is 402 g/mol. The first-order valence-electron chi connectivity index (χ1n) is 6.46. The minimum atomic E-state index is -3.71. The molecule has 0 aliphatic heterocycles. The van der Waals surface area contributed by atoms with Crippen LogP contribution in [0.1, 0.15) is 6.42 Å². The van der Waals surface area contributed by atoms with Gasteiger partial charge < -0.3 is 10.1 Å². The number of hydrogen-bond acceptors (Lipinski definition) is 5. The van der Waals surface area contributed by atoms with Crippen LogP contribution in [0.5, 0.6) is 0 Å². The van der Waals surface area contributed by atoms with E-state index in [1.165, 1.54) is 12.1 Å². The maximum atomic E-state index is 12.0. The van der Waals surface area contributed by atoms with Crippen molar-refractivity contribution in [3.8, 4) is 12.3 Å². The Kier molecular flexibility index (Phi) is 7.74. The molecule has 9 heteroatoms. The van der Waals surface area contributed by atoms with Crippen molar-refractivity contribution >= 4 is 37.8 Å². The number of sulfonamides is 1. The number of nitrogens with one attached hydrogen (secondary N) is 2. The molecule has 0 aliphatic carbocycles. The first-order valence-corrected chi connectivity index (χ1v) is 8.74. The van der Waals surface area contributed by atoms with Crippen LogP contribution in [0.25, 0.3) is 0 Å². The van der Waals surface area contributed by atoms with E-state index < -0.39 is 28.5 Å². The minimum absolute atomic E-state index is 0.0445. The Bertz CT molecular complexity index is 712. The topological polar surface area (TPSA) is 102 Å². The highest BCUT2D eigenvalue weighted by molar-refractivity contribution is 9.10. The highest BCUT2D eigenvalue weighted by Crippen LogP contribution is 2.15. The zero-order valence-corrected chi connectivity index (χ0v) is 14.4. The fourth-order valence-electron chi connectivity index (χ4n) is 1.42. The molecular weight excluding hydrogens is 388 g/mol. The van der Waals surface area contributed by atoms with E-state index in [2.05, 4.69) is 36.6 Å². The lowest BCUT2D eigenvalue weighted by atomic mass is 10.4. The van der Waals surface area contributed by atoms with Crippen molar-refractivity contribution in [3.63, 3.8) is 0 Å². The van der Waals surface area contributed by atoms with Gasteiger partial charge in [0.15, 0.2) is 6.61 Å². The number of esters is 1. The molecule has 0 fully saturated rings. The molecule has 1 rings (SSSR count). The molecule has 1 aromatic carbocycles. The molecule has 1 aromatic rings. The molecular formula is C14H15BrN2O5S. The molecule has 1 amide bonds. The third-order valence-corrected chi connectivity index (χ3v) is 4.43. The second-order valence-corrected chi connectivity index (χ2v) is 6.93. The van der Waals surface area contributed by atoms with Gasteiger partial charge in [-0.05, 0) is 18.2 Å². The number of hydrogen-bond donors (Lipinski definition) is 2. The third-order valence-electron chi connectivity index (χ3n) is 2.48. The molecule has 7 nitrogen and oxygen atoms in total. The number of benzene rings is 1. The second kappa shape index (κ2) is 9.29. The van der Waals surface area contributed by atoms with E-state index in [9.17, 15) is 18.0 Å². The van der Waals surface area contributed by atoms with Crippen molar-refractivity contribution in [1.82, 2.24) is 10.0 Å². The number of amides is 1. The third kappa shape index (κ3) is 7.27. The zero-order chi connectivity index (χ0) is 17.3. The Morgan fingerprint density at radius 3 is 2.74 bits per heavy atom. The van der Waals surface area contributed by atoms with Crippen LogP contribution < -0.4 is 10.0 Å². The van der Waals surface area contributed by atoms with E-state index in [1.807, 2.05) is 0 Å². The predicted octanol–water partition coefficient (Wildman–Crippen LogP) is 0.410. The van der Waals surface area contributed by atoms with Crippen LogP contribution in [0.2, 0.25) is 0 Å². The molecule has 0 spiro atoms. The van der Waals surface area contributed by atoms with Gasteiger partial charge in [0.1, 0.15) is 0 Å².